The molecule has 0 aliphatic carbocycles. The molecule has 3 nitrogen and oxygen atoms in total. The van der Waals surface area contributed by atoms with E-state index in [1.165, 1.54) is 5.56 Å². The average Bonchev–Trinajstić information content (AvgIpc) is 2.82. The number of pyridine rings is 1. The molecule has 1 aromatic rings. The highest BCUT2D eigenvalue weighted by molar-refractivity contribution is 5.58. The molecule has 2 aliphatic rings. The van der Waals surface area contributed by atoms with E-state index in [0.717, 1.165) is 28.8 Å². The average molecular weight is 238 g/mol. The van der Waals surface area contributed by atoms with Gasteiger partial charge in [0.25, 0.3) is 0 Å². The number of fused-ring (bicyclic) bond motifs is 1. The third kappa shape index (κ3) is 2.07. The predicted molar refractivity (Wildman–Crippen MR) is 69.9 cm³/mol. The fourth-order valence-electron chi connectivity index (χ4n) is 2.13. The van der Waals surface area contributed by atoms with Gasteiger partial charge in [0.05, 0.1) is 0 Å². The maximum Gasteiger partial charge on any atom is 0.175 e. The smallest absolute Gasteiger partial charge is 0.175 e. The van der Waals surface area contributed by atoms with Crippen molar-refractivity contribution < 1.29 is 5.21 Å². The van der Waals surface area contributed by atoms with Gasteiger partial charge < -0.3 is 5.21 Å². The summed E-state index contributed by atoms with van der Waals surface area (Å²) < 4.78 is 1.07. The number of nitrogens with zero attached hydrogens (tertiary/aromatic N) is 2. The summed E-state index contributed by atoms with van der Waals surface area (Å²) in [6.45, 7) is 0. The van der Waals surface area contributed by atoms with Crippen molar-refractivity contribution in [3.05, 3.63) is 66.0 Å². The van der Waals surface area contributed by atoms with Crippen LogP contribution in [0.3, 0.4) is 0 Å². The molecule has 0 fully saturated rings. The van der Waals surface area contributed by atoms with E-state index in [0.29, 0.717) is 5.82 Å². The molecular formula is C15H14N2O. The summed E-state index contributed by atoms with van der Waals surface area (Å²) >= 11 is 0. The summed E-state index contributed by atoms with van der Waals surface area (Å²) in [5.41, 5.74) is 3.30. The molecule has 0 bridgehead atoms. The van der Waals surface area contributed by atoms with Crippen LogP contribution in [-0.4, -0.2) is 14.9 Å². The summed E-state index contributed by atoms with van der Waals surface area (Å²) in [4.78, 5) is 4.44. The molecule has 1 N–H and O–H groups in total. The van der Waals surface area contributed by atoms with Crippen molar-refractivity contribution >= 4 is 0 Å². The molecule has 0 saturated carbocycles. The minimum atomic E-state index is 0.626. The van der Waals surface area contributed by atoms with Crippen molar-refractivity contribution in [3.63, 3.8) is 0 Å². The highest BCUT2D eigenvalue weighted by atomic mass is 16.5. The van der Waals surface area contributed by atoms with Crippen molar-refractivity contribution in [2.24, 2.45) is 0 Å². The van der Waals surface area contributed by atoms with Crippen LogP contribution >= 0.6 is 0 Å². The van der Waals surface area contributed by atoms with Crippen molar-refractivity contribution in [2.75, 3.05) is 0 Å². The van der Waals surface area contributed by atoms with Crippen LogP contribution in [0.25, 0.3) is 11.4 Å². The zero-order valence-corrected chi connectivity index (χ0v) is 9.95. The number of rotatable bonds is 3. The summed E-state index contributed by atoms with van der Waals surface area (Å²) in [7, 11) is 0. The van der Waals surface area contributed by atoms with Gasteiger partial charge in [0.2, 0.25) is 0 Å². The van der Waals surface area contributed by atoms with Gasteiger partial charge in [-0.05, 0) is 36.6 Å². The van der Waals surface area contributed by atoms with Crippen LogP contribution < -0.4 is 0 Å². The Morgan fingerprint density at radius 3 is 2.61 bits per heavy atom. The maximum absolute atomic E-state index is 9.62. The molecule has 0 unspecified atom stereocenters. The summed E-state index contributed by atoms with van der Waals surface area (Å²) in [6.07, 6.45) is 3.45. The van der Waals surface area contributed by atoms with Crippen LogP contribution in [-0.2, 0) is 12.8 Å². The lowest BCUT2D eigenvalue weighted by atomic mass is 10.1. The molecule has 3 heteroatoms. The molecule has 0 atom stereocenters. The minimum Gasteiger partial charge on any atom is -0.427 e. The topological polar surface area (TPSA) is 38.0 Å². The van der Waals surface area contributed by atoms with Gasteiger partial charge in [0.1, 0.15) is 0 Å². The van der Waals surface area contributed by atoms with Crippen molar-refractivity contribution in [1.29, 1.82) is 0 Å². The van der Waals surface area contributed by atoms with E-state index in [1.54, 1.807) is 6.20 Å². The third-order valence-electron chi connectivity index (χ3n) is 3.06. The molecule has 3 rings (SSSR count). The molecule has 1 aromatic carbocycles. The maximum atomic E-state index is 9.62. The quantitative estimate of drug-likeness (QED) is 0.712. The van der Waals surface area contributed by atoms with Gasteiger partial charge in [-0.3, -0.25) is 0 Å². The Labute approximate surface area is 106 Å². The molecule has 0 aromatic heterocycles. The van der Waals surface area contributed by atoms with E-state index in [2.05, 4.69) is 17.1 Å². The van der Waals surface area contributed by atoms with E-state index < -0.39 is 0 Å². The van der Waals surface area contributed by atoms with Crippen LogP contribution in [0, 0.1) is 0 Å². The molecule has 0 amide bonds. The Morgan fingerprint density at radius 2 is 1.83 bits per heavy atom. The van der Waals surface area contributed by atoms with E-state index >= 15 is 0 Å². The van der Waals surface area contributed by atoms with Gasteiger partial charge in [-0.25, -0.2) is 4.98 Å². The monoisotopic (exact) mass is 238 g/mol. The van der Waals surface area contributed by atoms with Crippen molar-refractivity contribution in [3.8, 4) is 11.4 Å². The van der Waals surface area contributed by atoms with Gasteiger partial charge >= 0.3 is 0 Å². The fraction of sp³-hybridized carbons (Fsp3) is 0.133. The van der Waals surface area contributed by atoms with Crippen molar-refractivity contribution in [1.82, 2.24) is 9.71 Å². The molecular weight excluding hydrogens is 224 g/mol. The summed E-state index contributed by atoms with van der Waals surface area (Å²) in [5, 5.41) is 9.62. The Morgan fingerprint density at radius 1 is 1.00 bits per heavy atom. The van der Waals surface area contributed by atoms with E-state index in [4.69, 9.17) is 0 Å². The Hall–Kier alpha value is -2.29. The number of hydrogen-bond acceptors (Lipinski definition) is 2. The van der Waals surface area contributed by atoms with Gasteiger partial charge in [-0.1, -0.05) is 30.3 Å². The number of aromatic nitrogens is 2. The van der Waals surface area contributed by atoms with Crippen LogP contribution in [0.5, 0.6) is 0 Å². The van der Waals surface area contributed by atoms with Gasteiger partial charge in [-0.15, -0.1) is 0 Å². The van der Waals surface area contributed by atoms with E-state index in [9.17, 15) is 5.21 Å². The lowest BCUT2D eigenvalue weighted by Gasteiger charge is -2.01. The van der Waals surface area contributed by atoms with Crippen LogP contribution in [0.2, 0.25) is 0 Å². The van der Waals surface area contributed by atoms with Crippen LogP contribution in [0.1, 0.15) is 11.3 Å². The minimum absolute atomic E-state index is 0.626. The fourth-order valence-corrected chi connectivity index (χ4v) is 2.13. The third-order valence-corrected chi connectivity index (χ3v) is 3.06. The summed E-state index contributed by atoms with van der Waals surface area (Å²) in [6, 6.07) is 16.2. The first-order valence-corrected chi connectivity index (χ1v) is 6.03. The molecule has 0 saturated heterocycles. The molecule has 90 valence electrons. The lowest BCUT2D eigenvalue weighted by molar-refractivity contribution is 0.186. The predicted octanol–water partition coefficient (Wildman–Crippen LogP) is 3.01. The molecule has 2 aliphatic heterocycles. The first-order valence-electron chi connectivity index (χ1n) is 6.03. The van der Waals surface area contributed by atoms with E-state index in [-0.39, 0.29) is 0 Å². The van der Waals surface area contributed by atoms with E-state index in [1.807, 2.05) is 36.4 Å². The lowest BCUT2D eigenvalue weighted by Crippen LogP contribution is -1.97. The largest absolute Gasteiger partial charge is 0.427 e. The molecule has 0 spiro atoms. The SMILES string of the molecule is On1cccc2cc(CCc3ccccc3)nc1-2. The first-order chi connectivity index (χ1) is 8.83. The van der Waals surface area contributed by atoms with Crippen LogP contribution in [0.4, 0.5) is 0 Å². The second-order valence-corrected chi connectivity index (χ2v) is 4.36. The Bertz CT molecular complexity index is 616. The number of benzene rings is 1. The Balaban J connectivity index is 1.80. The number of hydrogen-bond donors (Lipinski definition) is 1. The van der Waals surface area contributed by atoms with Crippen LogP contribution in [0.15, 0.2) is 54.7 Å². The standard InChI is InChI=1S/C15H14N2O/c18-17-10-4-7-13-11-14(16-15(13)17)9-8-12-5-2-1-3-6-12/h1-7,10-11,18H,8-9H2. The molecule has 18 heavy (non-hydrogen) atoms. The van der Waals surface area contributed by atoms with Gasteiger partial charge in [0, 0.05) is 17.5 Å². The summed E-state index contributed by atoms with van der Waals surface area (Å²) in [5.74, 6) is 0.626. The highest BCUT2D eigenvalue weighted by Gasteiger charge is 2.11. The second kappa shape index (κ2) is 4.53. The highest BCUT2D eigenvalue weighted by Crippen LogP contribution is 2.21. The second-order valence-electron chi connectivity index (χ2n) is 4.36. The normalized spacial score (nSPS) is 10.9. The van der Waals surface area contributed by atoms with Crippen molar-refractivity contribution in [2.45, 2.75) is 12.8 Å². The molecule has 0 radical (unpaired) electrons. The Kier molecular flexibility index (Phi) is 2.73. The molecule has 2 heterocycles. The zero-order chi connectivity index (χ0) is 12.4. The van der Waals surface area contributed by atoms with Gasteiger partial charge in [0.15, 0.2) is 5.82 Å². The van der Waals surface area contributed by atoms with Gasteiger partial charge in [-0.2, -0.15) is 4.73 Å². The zero-order valence-electron chi connectivity index (χ0n) is 9.95. The first kappa shape index (κ1) is 10.8. The number of aryl methyl sites for hydroxylation is 2.